The van der Waals surface area contributed by atoms with Crippen molar-refractivity contribution in [2.75, 3.05) is 12.1 Å². The molecule has 0 spiro atoms. The van der Waals surface area contributed by atoms with Crippen molar-refractivity contribution in [3.8, 4) is 11.5 Å². The van der Waals surface area contributed by atoms with Crippen molar-refractivity contribution in [2.45, 2.75) is 0 Å². The molecule has 21 heavy (non-hydrogen) atoms. The second-order valence-corrected chi connectivity index (χ2v) is 4.67. The molecule has 0 aliphatic carbocycles. The van der Waals surface area contributed by atoms with E-state index in [1.807, 2.05) is 18.2 Å². The molecule has 3 aromatic rings. The molecule has 1 amide bonds. The summed E-state index contributed by atoms with van der Waals surface area (Å²) in [6, 6.07) is 10.8. The van der Waals surface area contributed by atoms with Crippen molar-refractivity contribution in [3.05, 3.63) is 48.2 Å². The normalized spacial score (nSPS) is 12.6. The average Bonchev–Trinajstić information content (AvgIpc) is 3.14. The molecule has 104 valence electrons. The fourth-order valence-corrected chi connectivity index (χ4v) is 2.32. The van der Waals surface area contributed by atoms with Crippen molar-refractivity contribution >= 4 is 22.5 Å². The SMILES string of the molecule is O=C(Nc1ccc2cn[nH]c2c1)c1cccc2c1OCO2. The Kier molecular flexibility index (Phi) is 2.53. The van der Waals surface area contributed by atoms with Gasteiger partial charge in [0, 0.05) is 11.1 Å². The van der Waals surface area contributed by atoms with Gasteiger partial charge in [0.1, 0.15) is 0 Å². The average molecular weight is 281 g/mol. The summed E-state index contributed by atoms with van der Waals surface area (Å²) in [6.45, 7) is 0.139. The van der Waals surface area contributed by atoms with E-state index in [4.69, 9.17) is 9.47 Å². The van der Waals surface area contributed by atoms with Gasteiger partial charge in [0.05, 0.1) is 17.3 Å². The number of carbonyl (C=O) groups excluding carboxylic acids is 1. The third-order valence-corrected chi connectivity index (χ3v) is 3.34. The molecule has 2 N–H and O–H groups in total. The number of ether oxygens (including phenoxy) is 2. The highest BCUT2D eigenvalue weighted by Gasteiger charge is 2.21. The molecular weight excluding hydrogens is 270 g/mol. The fourth-order valence-electron chi connectivity index (χ4n) is 2.32. The van der Waals surface area contributed by atoms with E-state index in [9.17, 15) is 4.79 Å². The summed E-state index contributed by atoms with van der Waals surface area (Å²) in [4.78, 5) is 12.4. The Labute approximate surface area is 119 Å². The number of hydrogen-bond acceptors (Lipinski definition) is 4. The van der Waals surface area contributed by atoms with Gasteiger partial charge >= 0.3 is 0 Å². The maximum Gasteiger partial charge on any atom is 0.259 e. The molecule has 0 bridgehead atoms. The van der Waals surface area contributed by atoms with Crippen LogP contribution in [-0.2, 0) is 0 Å². The van der Waals surface area contributed by atoms with Gasteiger partial charge in [-0.1, -0.05) is 6.07 Å². The Morgan fingerprint density at radius 3 is 3.14 bits per heavy atom. The van der Waals surface area contributed by atoms with Crippen LogP contribution in [0.1, 0.15) is 10.4 Å². The molecule has 2 heterocycles. The molecule has 6 heteroatoms. The monoisotopic (exact) mass is 281 g/mol. The third kappa shape index (κ3) is 1.97. The predicted molar refractivity (Wildman–Crippen MR) is 76.6 cm³/mol. The molecule has 1 aliphatic heterocycles. The first-order valence-corrected chi connectivity index (χ1v) is 6.44. The number of nitrogens with one attached hydrogen (secondary N) is 2. The largest absolute Gasteiger partial charge is 0.454 e. The molecule has 1 aliphatic rings. The van der Waals surface area contributed by atoms with E-state index >= 15 is 0 Å². The molecule has 0 saturated heterocycles. The van der Waals surface area contributed by atoms with Gasteiger partial charge in [0.25, 0.3) is 5.91 Å². The van der Waals surface area contributed by atoms with Gasteiger partial charge < -0.3 is 14.8 Å². The summed E-state index contributed by atoms with van der Waals surface area (Å²) in [5, 5.41) is 10.7. The first kappa shape index (κ1) is 11.8. The van der Waals surface area contributed by atoms with E-state index in [1.54, 1.807) is 24.4 Å². The number of H-pyrrole nitrogens is 1. The van der Waals surface area contributed by atoms with Crippen molar-refractivity contribution in [2.24, 2.45) is 0 Å². The highest BCUT2D eigenvalue weighted by atomic mass is 16.7. The molecule has 2 aromatic carbocycles. The maximum absolute atomic E-state index is 12.4. The zero-order chi connectivity index (χ0) is 14.2. The van der Waals surface area contributed by atoms with E-state index in [1.165, 1.54) is 0 Å². The molecule has 0 saturated carbocycles. The van der Waals surface area contributed by atoms with Gasteiger partial charge in [-0.05, 0) is 30.3 Å². The second-order valence-electron chi connectivity index (χ2n) is 4.67. The number of fused-ring (bicyclic) bond motifs is 2. The minimum Gasteiger partial charge on any atom is -0.454 e. The van der Waals surface area contributed by atoms with Gasteiger partial charge in [-0.15, -0.1) is 0 Å². The molecule has 0 atom stereocenters. The Morgan fingerprint density at radius 1 is 1.24 bits per heavy atom. The third-order valence-electron chi connectivity index (χ3n) is 3.34. The standard InChI is InChI=1S/C15H11N3O3/c19-15(11-2-1-3-13-14(11)21-8-20-13)17-10-5-4-9-7-16-18-12(9)6-10/h1-7H,8H2,(H,16,18)(H,17,19). The van der Waals surface area contributed by atoms with Crippen LogP contribution < -0.4 is 14.8 Å². The summed E-state index contributed by atoms with van der Waals surface area (Å²) in [6.07, 6.45) is 1.73. The Bertz CT molecular complexity index is 841. The number of carbonyl (C=O) groups is 1. The summed E-state index contributed by atoms with van der Waals surface area (Å²) < 4.78 is 10.6. The van der Waals surface area contributed by atoms with Gasteiger partial charge in [-0.25, -0.2) is 0 Å². The Balaban J connectivity index is 1.65. The summed E-state index contributed by atoms with van der Waals surface area (Å²) in [5.41, 5.74) is 2.01. The molecule has 0 unspecified atom stereocenters. The molecule has 0 radical (unpaired) electrons. The first-order valence-electron chi connectivity index (χ1n) is 6.44. The van der Waals surface area contributed by atoms with Gasteiger partial charge in [0.15, 0.2) is 11.5 Å². The highest BCUT2D eigenvalue weighted by molar-refractivity contribution is 6.07. The van der Waals surface area contributed by atoms with Crippen LogP contribution in [0, 0.1) is 0 Å². The van der Waals surface area contributed by atoms with Crippen LogP contribution in [0.25, 0.3) is 10.9 Å². The molecule has 0 fully saturated rings. The number of aromatic nitrogens is 2. The number of anilines is 1. The Hall–Kier alpha value is -3.02. The van der Waals surface area contributed by atoms with E-state index < -0.39 is 0 Å². The fraction of sp³-hybridized carbons (Fsp3) is 0.0667. The minimum atomic E-state index is -0.240. The van der Waals surface area contributed by atoms with Crippen LogP contribution in [0.3, 0.4) is 0 Å². The second kappa shape index (κ2) is 4.52. The van der Waals surface area contributed by atoms with E-state index in [0.29, 0.717) is 22.7 Å². The van der Waals surface area contributed by atoms with E-state index in [2.05, 4.69) is 15.5 Å². The number of nitrogens with zero attached hydrogens (tertiary/aromatic N) is 1. The van der Waals surface area contributed by atoms with Crippen LogP contribution >= 0.6 is 0 Å². The lowest BCUT2D eigenvalue weighted by atomic mass is 10.1. The number of aromatic amines is 1. The van der Waals surface area contributed by atoms with Gasteiger partial charge in [-0.2, -0.15) is 5.10 Å². The van der Waals surface area contributed by atoms with E-state index in [0.717, 1.165) is 10.9 Å². The number of hydrogen-bond donors (Lipinski definition) is 2. The molecule has 4 rings (SSSR count). The maximum atomic E-state index is 12.4. The van der Waals surface area contributed by atoms with Gasteiger partial charge in [0.2, 0.25) is 6.79 Å². The number of rotatable bonds is 2. The smallest absolute Gasteiger partial charge is 0.259 e. The van der Waals surface area contributed by atoms with Crippen LogP contribution in [0.4, 0.5) is 5.69 Å². The molecular formula is C15H11N3O3. The Morgan fingerprint density at radius 2 is 2.19 bits per heavy atom. The van der Waals surface area contributed by atoms with Crippen molar-refractivity contribution < 1.29 is 14.3 Å². The summed E-state index contributed by atoms with van der Waals surface area (Å²) >= 11 is 0. The zero-order valence-electron chi connectivity index (χ0n) is 10.9. The number of para-hydroxylation sites is 1. The van der Waals surface area contributed by atoms with Crippen molar-refractivity contribution in [3.63, 3.8) is 0 Å². The predicted octanol–water partition coefficient (Wildman–Crippen LogP) is 2.54. The zero-order valence-corrected chi connectivity index (χ0v) is 10.9. The lowest BCUT2D eigenvalue weighted by Gasteiger charge is -2.07. The lowest BCUT2D eigenvalue weighted by Crippen LogP contribution is -2.12. The summed E-state index contributed by atoms with van der Waals surface area (Å²) in [5.74, 6) is 0.834. The molecule has 1 aromatic heterocycles. The number of benzene rings is 2. The van der Waals surface area contributed by atoms with Crippen LogP contribution in [0.2, 0.25) is 0 Å². The highest BCUT2D eigenvalue weighted by Crippen LogP contribution is 2.35. The topological polar surface area (TPSA) is 76.2 Å². The minimum absolute atomic E-state index is 0.139. The van der Waals surface area contributed by atoms with Crippen LogP contribution in [0.5, 0.6) is 11.5 Å². The number of amides is 1. The van der Waals surface area contributed by atoms with Crippen molar-refractivity contribution in [1.29, 1.82) is 0 Å². The first-order chi connectivity index (χ1) is 10.3. The molecule has 6 nitrogen and oxygen atoms in total. The van der Waals surface area contributed by atoms with Crippen molar-refractivity contribution in [1.82, 2.24) is 10.2 Å². The summed E-state index contributed by atoms with van der Waals surface area (Å²) in [7, 11) is 0. The van der Waals surface area contributed by atoms with Crippen LogP contribution in [-0.4, -0.2) is 22.9 Å². The quantitative estimate of drug-likeness (QED) is 0.756. The lowest BCUT2D eigenvalue weighted by molar-refractivity contribution is 0.102. The van der Waals surface area contributed by atoms with Crippen LogP contribution in [0.15, 0.2) is 42.6 Å². The van der Waals surface area contributed by atoms with Gasteiger partial charge in [-0.3, -0.25) is 9.89 Å². The van der Waals surface area contributed by atoms with E-state index in [-0.39, 0.29) is 12.7 Å².